The standard InChI is InChI=1S/C14H16FNO/c15-10-3-1-2-9(6-10)7-12-13-5-4-11(16-13)8-14(12)17/h1-3,6,11-13,16H,4-5,7-8H2. The molecule has 2 saturated heterocycles. The fraction of sp³-hybridized carbons (Fsp3) is 0.500. The second-order valence-corrected chi connectivity index (χ2v) is 5.16. The number of benzene rings is 1. The Bertz CT molecular complexity index is 446. The van der Waals surface area contributed by atoms with Gasteiger partial charge in [0.05, 0.1) is 0 Å². The maximum atomic E-state index is 13.1. The van der Waals surface area contributed by atoms with Gasteiger partial charge in [0.25, 0.3) is 0 Å². The van der Waals surface area contributed by atoms with Crippen molar-refractivity contribution < 1.29 is 9.18 Å². The van der Waals surface area contributed by atoms with E-state index < -0.39 is 0 Å². The smallest absolute Gasteiger partial charge is 0.139 e. The first-order chi connectivity index (χ1) is 8.22. The van der Waals surface area contributed by atoms with Crippen LogP contribution in [-0.2, 0) is 11.2 Å². The number of hydrogen-bond acceptors (Lipinski definition) is 2. The van der Waals surface area contributed by atoms with Crippen LogP contribution < -0.4 is 5.32 Å². The number of rotatable bonds is 2. The molecule has 90 valence electrons. The Labute approximate surface area is 100 Å². The van der Waals surface area contributed by atoms with Gasteiger partial charge in [0, 0.05) is 24.4 Å². The molecular weight excluding hydrogens is 217 g/mol. The first kappa shape index (κ1) is 10.9. The van der Waals surface area contributed by atoms with E-state index in [0.29, 0.717) is 30.7 Å². The highest BCUT2D eigenvalue weighted by Crippen LogP contribution is 2.31. The first-order valence-electron chi connectivity index (χ1n) is 6.25. The van der Waals surface area contributed by atoms with Crippen molar-refractivity contribution in [2.45, 2.75) is 37.8 Å². The molecule has 0 amide bonds. The third-order valence-electron chi connectivity index (χ3n) is 3.97. The molecule has 1 N–H and O–H groups in total. The van der Waals surface area contributed by atoms with E-state index in [0.717, 1.165) is 18.4 Å². The number of piperidine rings is 1. The van der Waals surface area contributed by atoms with Gasteiger partial charge in [-0.05, 0) is 37.0 Å². The fourth-order valence-electron chi connectivity index (χ4n) is 3.12. The van der Waals surface area contributed by atoms with Gasteiger partial charge < -0.3 is 5.32 Å². The summed E-state index contributed by atoms with van der Waals surface area (Å²) in [5.41, 5.74) is 0.926. The summed E-state index contributed by atoms with van der Waals surface area (Å²) in [5, 5.41) is 3.49. The van der Waals surface area contributed by atoms with Crippen LogP contribution in [0.25, 0.3) is 0 Å². The zero-order valence-electron chi connectivity index (χ0n) is 9.66. The van der Waals surface area contributed by atoms with Crippen LogP contribution in [0.1, 0.15) is 24.8 Å². The molecule has 2 heterocycles. The van der Waals surface area contributed by atoms with Crippen LogP contribution in [0.5, 0.6) is 0 Å². The minimum atomic E-state index is -0.219. The highest BCUT2D eigenvalue weighted by atomic mass is 19.1. The third-order valence-corrected chi connectivity index (χ3v) is 3.97. The zero-order valence-corrected chi connectivity index (χ0v) is 9.66. The summed E-state index contributed by atoms with van der Waals surface area (Å²) in [7, 11) is 0. The molecule has 0 aromatic heterocycles. The summed E-state index contributed by atoms with van der Waals surface area (Å²) in [6.45, 7) is 0. The van der Waals surface area contributed by atoms with Crippen LogP contribution in [0.3, 0.4) is 0 Å². The molecule has 2 fully saturated rings. The summed E-state index contributed by atoms with van der Waals surface area (Å²) in [6, 6.07) is 7.30. The van der Waals surface area contributed by atoms with E-state index >= 15 is 0 Å². The number of Topliss-reactive ketones (excluding diaryl/α,β-unsaturated/α-hetero) is 1. The molecule has 1 aromatic rings. The van der Waals surface area contributed by atoms with Crippen LogP contribution in [0.4, 0.5) is 4.39 Å². The van der Waals surface area contributed by atoms with E-state index in [9.17, 15) is 9.18 Å². The summed E-state index contributed by atoms with van der Waals surface area (Å²) < 4.78 is 13.1. The molecule has 1 aromatic carbocycles. The maximum absolute atomic E-state index is 13.1. The largest absolute Gasteiger partial charge is 0.310 e. The Morgan fingerprint density at radius 1 is 1.35 bits per heavy atom. The van der Waals surface area contributed by atoms with Crippen molar-refractivity contribution in [1.29, 1.82) is 0 Å². The topological polar surface area (TPSA) is 29.1 Å². The average molecular weight is 233 g/mol. The highest BCUT2D eigenvalue weighted by molar-refractivity contribution is 5.84. The number of carbonyl (C=O) groups is 1. The van der Waals surface area contributed by atoms with Crippen molar-refractivity contribution in [3.05, 3.63) is 35.6 Å². The van der Waals surface area contributed by atoms with Gasteiger partial charge >= 0.3 is 0 Å². The number of nitrogens with one attached hydrogen (secondary N) is 1. The fourth-order valence-corrected chi connectivity index (χ4v) is 3.12. The second kappa shape index (κ2) is 4.22. The third kappa shape index (κ3) is 2.12. The Hall–Kier alpha value is -1.22. The van der Waals surface area contributed by atoms with Crippen LogP contribution >= 0.6 is 0 Å². The molecule has 2 aliphatic heterocycles. The molecular formula is C14H16FNO. The lowest BCUT2D eigenvalue weighted by Gasteiger charge is -2.29. The quantitative estimate of drug-likeness (QED) is 0.847. The van der Waals surface area contributed by atoms with Gasteiger partial charge in [0.2, 0.25) is 0 Å². The van der Waals surface area contributed by atoms with Crippen LogP contribution in [0.15, 0.2) is 24.3 Å². The van der Waals surface area contributed by atoms with Gasteiger partial charge in [-0.2, -0.15) is 0 Å². The summed E-state index contributed by atoms with van der Waals surface area (Å²) in [4.78, 5) is 12.0. The van der Waals surface area contributed by atoms with E-state index in [2.05, 4.69) is 5.32 Å². The zero-order chi connectivity index (χ0) is 11.8. The molecule has 2 nitrogen and oxygen atoms in total. The highest BCUT2D eigenvalue weighted by Gasteiger charge is 2.40. The van der Waals surface area contributed by atoms with Crippen molar-refractivity contribution in [1.82, 2.24) is 5.32 Å². The molecule has 2 bridgehead atoms. The molecule has 0 saturated carbocycles. The Morgan fingerprint density at radius 2 is 2.24 bits per heavy atom. The van der Waals surface area contributed by atoms with Crippen molar-refractivity contribution in [2.24, 2.45) is 5.92 Å². The van der Waals surface area contributed by atoms with E-state index in [4.69, 9.17) is 0 Å². The monoisotopic (exact) mass is 233 g/mol. The molecule has 3 atom stereocenters. The molecule has 17 heavy (non-hydrogen) atoms. The SMILES string of the molecule is O=C1CC2CCC(N2)C1Cc1cccc(F)c1. The van der Waals surface area contributed by atoms with Gasteiger partial charge in [-0.25, -0.2) is 4.39 Å². The predicted molar refractivity (Wildman–Crippen MR) is 63.2 cm³/mol. The predicted octanol–water partition coefficient (Wildman–Crippen LogP) is 2.08. The Morgan fingerprint density at radius 3 is 3.06 bits per heavy atom. The minimum Gasteiger partial charge on any atom is -0.310 e. The molecule has 0 radical (unpaired) electrons. The number of hydrogen-bond donors (Lipinski definition) is 1. The van der Waals surface area contributed by atoms with Crippen LogP contribution in [-0.4, -0.2) is 17.9 Å². The molecule has 3 unspecified atom stereocenters. The minimum absolute atomic E-state index is 0.0375. The lowest BCUT2D eigenvalue weighted by molar-refractivity contribution is -0.125. The van der Waals surface area contributed by atoms with Gasteiger partial charge in [-0.15, -0.1) is 0 Å². The molecule has 3 rings (SSSR count). The Balaban J connectivity index is 1.78. The number of ketones is 1. The Kier molecular flexibility index (Phi) is 2.71. The van der Waals surface area contributed by atoms with Gasteiger partial charge in [-0.3, -0.25) is 4.79 Å². The van der Waals surface area contributed by atoms with E-state index in [1.165, 1.54) is 12.1 Å². The first-order valence-corrected chi connectivity index (χ1v) is 6.25. The number of carbonyl (C=O) groups excluding carboxylic acids is 1. The van der Waals surface area contributed by atoms with Crippen molar-refractivity contribution in [3.8, 4) is 0 Å². The summed E-state index contributed by atoms with van der Waals surface area (Å²) >= 11 is 0. The lowest BCUT2D eigenvalue weighted by atomic mass is 9.85. The average Bonchev–Trinajstić information content (AvgIpc) is 2.68. The number of halogens is 1. The van der Waals surface area contributed by atoms with Gasteiger partial charge in [0.15, 0.2) is 0 Å². The summed E-state index contributed by atoms with van der Waals surface area (Å²) in [6.07, 6.45) is 3.50. The maximum Gasteiger partial charge on any atom is 0.139 e. The van der Waals surface area contributed by atoms with Gasteiger partial charge in [0.1, 0.15) is 11.6 Å². The lowest BCUT2D eigenvalue weighted by Crippen LogP contribution is -2.46. The van der Waals surface area contributed by atoms with Crippen molar-refractivity contribution >= 4 is 5.78 Å². The number of fused-ring (bicyclic) bond motifs is 2. The second-order valence-electron chi connectivity index (χ2n) is 5.16. The molecule has 0 spiro atoms. The van der Waals surface area contributed by atoms with Crippen molar-refractivity contribution in [2.75, 3.05) is 0 Å². The molecule has 0 aliphatic carbocycles. The normalized spacial score (nSPS) is 31.8. The summed E-state index contributed by atoms with van der Waals surface area (Å²) in [5.74, 6) is 0.166. The van der Waals surface area contributed by atoms with E-state index in [-0.39, 0.29) is 11.7 Å². The van der Waals surface area contributed by atoms with E-state index in [1.807, 2.05) is 6.07 Å². The molecule has 2 aliphatic rings. The van der Waals surface area contributed by atoms with E-state index in [1.54, 1.807) is 6.07 Å². The van der Waals surface area contributed by atoms with Crippen molar-refractivity contribution in [3.63, 3.8) is 0 Å². The van der Waals surface area contributed by atoms with Gasteiger partial charge in [-0.1, -0.05) is 12.1 Å². The van der Waals surface area contributed by atoms with Crippen LogP contribution in [0.2, 0.25) is 0 Å². The molecule has 3 heteroatoms. The van der Waals surface area contributed by atoms with Crippen LogP contribution in [0, 0.1) is 11.7 Å².